The Morgan fingerprint density at radius 3 is 2.55 bits per heavy atom. The fourth-order valence-electron chi connectivity index (χ4n) is 3.55. The van der Waals surface area contributed by atoms with Gasteiger partial charge >= 0.3 is 12.2 Å². The van der Waals surface area contributed by atoms with Crippen molar-refractivity contribution in [3.8, 4) is 5.69 Å². The van der Waals surface area contributed by atoms with Crippen LogP contribution in [0.4, 0.5) is 35.0 Å². The number of nitrogens with one attached hydrogen (secondary N) is 3. The SMILES string of the molecule is O=C(Nc1ccc(N=c2c3c(=O)cc[nH]c3ncn2O)cc1)Nc1cc(C(F)(F)F)ccc1-n1cncn1. The molecule has 0 saturated carbocycles. The highest BCUT2D eigenvalue weighted by Gasteiger charge is 2.31. The van der Waals surface area contributed by atoms with Crippen molar-refractivity contribution in [3.63, 3.8) is 0 Å². The van der Waals surface area contributed by atoms with Gasteiger partial charge in [0.2, 0.25) is 0 Å². The number of nitrogens with zero attached hydrogens (tertiary/aromatic N) is 6. The van der Waals surface area contributed by atoms with Crippen molar-refractivity contribution in [3.05, 3.63) is 95.0 Å². The van der Waals surface area contributed by atoms with E-state index in [9.17, 15) is 28.0 Å². The lowest BCUT2D eigenvalue weighted by atomic mass is 10.1. The number of aromatic amines is 1. The summed E-state index contributed by atoms with van der Waals surface area (Å²) >= 11 is 0. The van der Waals surface area contributed by atoms with Crippen LogP contribution in [0.5, 0.6) is 0 Å². The van der Waals surface area contributed by atoms with Crippen molar-refractivity contribution in [1.82, 2.24) is 29.5 Å². The number of halogens is 3. The van der Waals surface area contributed by atoms with Gasteiger partial charge in [-0.2, -0.15) is 23.0 Å². The maximum Gasteiger partial charge on any atom is 0.416 e. The minimum atomic E-state index is -4.62. The third-order valence-corrected chi connectivity index (χ3v) is 5.27. The van der Waals surface area contributed by atoms with Crippen molar-refractivity contribution in [2.45, 2.75) is 6.18 Å². The van der Waals surface area contributed by atoms with Crippen molar-refractivity contribution >= 4 is 34.1 Å². The quantitative estimate of drug-likeness (QED) is 0.265. The Hall–Kier alpha value is -5.47. The van der Waals surface area contributed by atoms with Gasteiger partial charge in [0.25, 0.3) is 0 Å². The predicted molar refractivity (Wildman–Crippen MR) is 128 cm³/mol. The average molecular weight is 523 g/mol. The van der Waals surface area contributed by atoms with Crippen molar-refractivity contribution < 1.29 is 23.2 Å². The maximum atomic E-state index is 13.2. The van der Waals surface area contributed by atoms with E-state index in [0.29, 0.717) is 16.1 Å². The second-order valence-corrected chi connectivity index (χ2v) is 7.79. The minimum Gasteiger partial charge on any atom is -0.425 e. The third-order valence-electron chi connectivity index (χ3n) is 5.27. The van der Waals surface area contributed by atoms with Crippen LogP contribution in [-0.4, -0.2) is 40.7 Å². The summed E-state index contributed by atoms with van der Waals surface area (Å²) < 4.78 is 41.6. The van der Waals surface area contributed by atoms with Crippen LogP contribution in [0.15, 0.2) is 83.5 Å². The first-order valence-electron chi connectivity index (χ1n) is 10.8. The van der Waals surface area contributed by atoms with Crippen LogP contribution in [-0.2, 0) is 6.18 Å². The van der Waals surface area contributed by atoms with Gasteiger partial charge in [0.1, 0.15) is 30.0 Å². The number of anilines is 2. The number of carbonyl (C=O) groups is 1. The van der Waals surface area contributed by atoms with Gasteiger partial charge in [-0.05, 0) is 42.5 Å². The molecule has 0 saturated heterocycles. The Kier molecular flexibility index (Phi) is 6.08. The monoisotopic (exact) mass is 523 g/mol. The highest BCUT2D eigenvalue weighted by molar-refractivity contribution is 6.01. The molecule has 2 aromatic carbocycles. The van der Waals surface area contributed by atoms with E-state index >= 15 is 0 Å². The first-order chi connectivity index (χ1) is 18.2. The summed E-state index contributed by atoms with van der Waals surface area (Å²) in [6.07, 6.45) is 0.369. The Bertz CT molecular complexity index is 1760. The number of alkyl halides is 3. The number of hydrogen-bond acceptors (Lipinski definition) is 7. The van der Waals surface area contributed by atoms with Crippen LogP contribution in [0.25, 0.3) is 16.7 Å². The fourth-order valence-corrected chi connectivity index (χ4v) is 3.55. The number of benzene rings is 2. The number of urea groups is 1. The van der Waals surface area contributed by atoms with Gasteiger partial charge in [0.15, 0.2) is 10.9 Å². The molecule has 0 atom stereocenters. The molecular weight excluding hydrogens is 507 g/mol. The van der Waals surface area contributed by atoms with Gasteiger partial charge in [0.05, 0.1) is 22.6 Å². The van der Waals surface area contributed by atoms with Crippen molar-refractivity contribution in [2.24, 2.45) is 4.99 Å². The van der Waals surface area contributed by atoms with E-state index in [0.717, 1.165) is 18.5 Å². The molecule has 3 heterocycles. The number of carbonyl (C=O) groups excluding carboxylic acids is 1. The summed E-state index contributed by atoms with van der Waals surface area (Å²) in [6.45, 7) is 0. The first-order valence-corrected chi connectivity index (χ1v) is 10.8. The number of H-pyrrole nitrogens is 1. The zero-order chi connectivity index (χ0) is 26.9. The van der Waals surface area contributed by atoms with Gasteiger partial charge < -0.3 is 20.8 Å². The Balaban J connectivity index is 1.39. The van der Waals surface area contributed by atoms with Gasteiger partial charge in [-0.3, -0.25) is 4.79 Å². The average Bonchev–Trinajstić information content (AvgIpc) is 3.41. The lowest BCUT2D eigenvalue weighted by Crippen LogP contribution is -2.25. The molecular formula is C23H16F3N9O3. The molecule has 0 unspecified atom stereocenters. The van der Waals surface area contributed by atoms with E-state index in [1.807, 2.05) is 0 Å². The lowest BCUT2D eigenvalue weighted by molar-refractivity contribution is -0.137. The number of amides is 2. The number of aromatic nitrogens is 6. The predicted octanol–water partition coefficient (Wildman–Crippen LogP) is 3.44. The molecule has 5 aromatic rings. The van der Waals surface area contributed by atoms with Crippen molar-refractivity contribution in [2.75, 3.05) is 10.6 Å². The standard InChI is InChI=1S/C23H16F3N9O3/c24-23(25,26)13-1-6-17(34-11-27-10-30-34)16(9-13)33-22(37)32-15-4-2-14(3-5-15)31-21-19-18(36)7-8-28-20(19)29-12-35(21)38/h1-12,38H,(H,28,36)(H2,32,33,37). The molecule has 0 aliphatic carbocycles. The van der Waals surface area contributed by atoms with Crippen LogP contribution in [0.3, 0.4) is 0 Å². The molecule has 5 rings (SSSR count). The van der Waals surface area contributed by atoms with E-state index in [-0.39, 0.29) is 27.9 Å². The van der Waals surface area contributed by atoms with E-state index in [1.165, 1.54) is 59.9 Å². The summed E-state index contributed by atoms with van der Waals surface area (Å²) in [5.74, 6) is 0. The Labute approximate surface area is 209 Å². The van der Waals surface area contributed by atoms with Crippen LogP contribution in [0.2, 0.25) is 0 Å². The summed E-state index contributed by atoms with van der Waals surface area (Å²) in [4.78, 5) is 39.7. The molecule has 3 aromatic heterocycles. The molecule has 38 heavy (non-hydrogen) atoms. The molecule has 0 bridgehead atoms. The number of rotatable bonds is 4. The zero-order valence-corrected chi connectivity index (χ0v) is 19.0. The molecule has 0 radical (unpaired) electrons. The largest absolute Gasteiger partial charge is 0.425 e. The molecule has 192 valence electrons. The molecule has 2 amide bonds. The molecule has 0 aliphatic heterocycles. The maximum absolute atomic E-state index is 13.2. The molecule has 4 N–H and O–H groups in total. The molecule has 15 heteroatoms. The minimum absolute atomic E-state index is 0.0551. The second-order valence-electron chi connectivity index (χ2n) is 7.79. The van der Waals surface area contributed by atoms with Crippen LogP contribution in [0, 0.1) is 0 Å². The van der Waals surface area contributed by atoms with Crippen LogP contribution < -0.4 is 21.6 Å². The lowest BCUT2D eigenvalue weighted by Gasteiger charge is -2.15. The number of hydrogen-bond donors (Lipinski definition) is 4. The van der Waals surface area contributed by atoms with E-state index < -0.39 is 23.2 Å². The highest BCUT2D eigenvalue weighted by Crippen LogP contribution is 2.33. The zero-order valence-electron chi connectivity index (χ0n) is 19.0. The second kappa shape index (κ2) is 9.53. The molecule has 0 spiro atoms. The van der Waals surface area contributed by atoms with E-state index in [1.54, 1.807) is 0 Å². The normalized spacial score (nSPS) is 12.0. The highest BCUT2D eigenvalue weighted by atomic mass is 19.4. The van der Waals surface area contributed by atoms with Crippen LogP contribution >= 0.6 is 0 Å². The van der Waals surface area contributed by atoms with E-state index in [4.69, 9.17) is 0 Å². The molecule has 0 aliphatic rings. The Morgan fingerprint density at radius 1 is 1.05 bits per heavy atom. The molecule has 12 nitrogen and oxygen atoms in total. The third kappa shape index (κ3) is 4.92. The number of pyridine rings is 1. The van der Waals surface area contributed by atoms with Gasteiger partial charge in [-0.15, -0.1) is 0 Å². The summed E-state index contributed by atoms with van der Waals surface area (Å²) in [7, 11) is 0. The first kappa shape index (κ1) is 24.2. The summed E-state index contributed by atoms with van der Waals surface area (Å²) in [6, 6.07) is 9.28. The van der Waals surface area contributed by atoms with Gasteiger partial charge in [-0.25, -0.2) is 24.4 Å². The number of fused-ring (bicyclic) bond motifs is 1. The van der Waals surface area contributed by atoms with Crippen LogP contribution in [0.1, 0.15) is 5.56 Å². The van der Waals surface area contributed by atoms with Crippen molar-refractivity contribution in [1.29, 1.82) is 0 Å². The molecule has 0 fully saturated rings. The topological polar surface area (TPSA) is 155 Å². The smallest absolute Gasteiger partial charge is 0.416 e. The fraction of sp³-hybridized carbons (Fsp3) is 0.0435. The summed E-state index contributed by atoms with van der Waals surface area (Å²) in [5, 5.41) is 19.0. The van der Waals surface area contributed by atoms with Gasteiger partial charge in [0, 0.05) is 18.0 Å². The van der Waals surface area contributed by atoms with Gasteiger partial charge in [-0.1, -0.05) is 0 Å². The van der Waals surface area contributed by atoms with E-state index in [2.05, 4.69) is 35.7 Å². The summed E-state index contributed by atoms with van der Waals surface area (Å²) in [5.41, 5.74) is -0.509. The Morgan fingerprint density at radius 2 is 1.84 bits per heavy atom.